The molecule has 1 aliphatic heterocycles. The number of benzene rings is 2. The Labute approximate surface area is 145 Å². The average molecular weight is 343 g/mol. The van der Waals surface area contributed by atoms with Crippen molar-refractivity contribution in [1.29, 1.82) is 0 Å². The van der Waals surface area contributed by atoms with Gasteiger partial charge < -0.3 is 25.0 Å². The molecule has 0 atom stereocenters. The highest BCUT2D eigenvalue weighted by molar-refractivity contribution is 5.91. The third kappa shape index (κ3) is 3.76. The van der Waals surface area contributed by atoms with Crippen LogP contribution in [0.2, 0.25) is 0 Å². The Hall–Kier alpha value is -2.96. The van der Waals surface area contributed by atoms with E-state index in [1.807, 2.05) is 18.2 Å². The van der Waals surface area contributed by atoms with Gasteiger partial charge in [-0.15, -0.1) is 0 Å². The van der Waals surface area contributed by atoms with E-state index < -0.39 is 5.97 Å². The first-order chi connectivity index (χ1) is 12.1. The Kier molecular flexibility index (Phi) is 4.92. The third-order valence-electron chi connectivity index (χ3n) is 4.37. The molecule has 3 rings (SSSR count). The van der Waals surface area contributed by atoms with Gasteiger partial charge in [0.1, 0.15) is 12.3 Å². The monoisotopic (exact) mass is 343 g/mol. The van der Waals surface area contributed by atoms with Crippen LogP contribution >= 0.6 is 0 Å². The minimum atomic E-state index is -1.04. The highest BCUT2D eigenvalue weighted by Crippen LogP contribution is 2.29. The topological polar surface area (TPSA) is 82.1 Å². The van der Waals surface area contributed by atoms with Gasteiger partial charge in [-0.05, 0) is 23.6 Å². The number of fused-ring (bicyclic) bond motifs is 1. The smallest absolute Gasteiger partial charge is 0.323 e. The van der Waals surface area contributed by atoms with Crippen molar-refractivity contribution >= 4 is 28.5 Å². The summed E-state index contributed by atoms with van der Waals surface area (Å²) in [5, 5.41) is 13.2. The Morgan fingerprint density at radius 2 is 1.92 bits per heavy atom. The molecule has 0 spiro atoms. The first kappa shape index (κ1) is 16.9. The van der Waals surface area contributed by atoms with Crippen LogP contribution < -0.4 is 15.0 Å². The molecule has 1 saturated heterocycles. The summed E-state index contributed by atoms with van der Waals surface area (Å²) in [7, 11) is 1.66. The Morgan fingerprint density at radius 3 is 2.60 bits per heavy atom. The quantitative estimate of drug-likeness (QED) is 0.884. The van der Waals surface area contributed by atoms with Crippen LogP contribution in [0.3, 0.4) is 0 Å². The lowest BCUT2D eigenvalue weighted by molar-refractivity contribution is -0.135. The number of anilines is 1. The summed E-state index contributed by atoms with van der Waals surface area (Å²) in [5.41, 5.74) is 1.09. The van der Waals surface area contributed by atoms with E-state index in [-0.39, 0.29) is 12.6 Å². The van der Waals surface area contributed by atoms with Crippen LogP contribution in [0.1, 0.15) is 0 Å². The molecule has 0 unspecified atom stereocenters. The molecule has 2 N–H and O–H groups in total. The van der Waals surface area contributed by atoms with Crippen LogP contribution in [0.15, 0.2) is 36.4 Å². The first-order valence-corrected chi connectivity index (χ1v) is 8.15. The van der Waals surface area contributed by atoms with Crippen molar-refractivity contribution in [2.24, 2.45) is 0 Å². The molecule has 1 fully saturated rings. The maximum Gasteiger partial charge on any atom is 0.323 e. The average Bonchev–Trinajstić information content (AvgIpc) is 2.65. The number of carboxylic acid groups (broad SMARTS) is 1. The predicted molar refractivity (Wildman–Crippen MR) is 95.3 cm³/mol. The Balaban J connectivity index is 1.67. The van der Waals surface area contributed by atoms with Crippen LogP contribution in [-0.4, -0.2) is 61.8 Å². The lowest BCUT2D eigenvalue weighted by Crippen LogP contribution is -2.52. The van der Waals surface area contributed by atoms with Crippen LogP contribution in [0.5, 0.6) is 5.75 Å². The molecular formula is C18H21N3O4. The number of amides is 2. The van der Waals surface area contributed by atoms with Crippen molar-refractivity contribution in [2.75, 3.05) is 44.7 Å². The molecule has 0 aliphatic carbocycles. The molecule has 7 nitrogen and oxygen atoms in total. The number of carbonyl (C=O) groups excluding carboxylic acids is 1. The number of hydrogen-bond donors (Lipinski definition) is 2. The van der Waals surface area contributed by atoms with E-state index in [0.717, 1.165) is 22.2 Å². The van der Waals surface area contributed by atoms with Crippen molar-refractivity contribution in [1.82, 2.24) is 10.2 Å². The predicted octanol–water partition coefficient (Wildman–Crippen LogP) is 1.76. The maximum absolute atomic E-state index is 11.9. The molecule has 0 bridgehead atoms. The van der Waals surface area contributed by atoms with Crippen LogP contribution in [-0.2, 0) is 4.79 Å². The minimum Gasteiger partial charge on any atom is -0.496 e. The zero-order valence-corrected chi connectivity index (χ0v) is 14.1. The van der Waals surface area contributed by atoms with Gasteiger partial charge >= 0.3 is 12.0 Å². The van der Waals surface area contributed by atoms with E-state index in [1.54, 1.807) is 12.0 Å². The van der Waals surface area contributed by atoms with Crippen LogP contribution in [0, 0.1) is 0 Å². The minimum absolute atomic E-state index is 0.331. The van der Waals surface area contributed by atoms with Gasteiger partial charge in [0.05, 0.1) is 7.11 Å². The lowest BCUT2D eigenvalue weighted by atomic mass is 10.1. The number of carboxylic acids is 1. The number of nitrogens with one attached hydrogen (secondary N) is 1. The van der Waals surface area contributed by atoms with E-state index in [4.69, 9.17) is 9.84 Å². The first-order valence-electron chi connectivity index (χ1n) is 8.15. The summed E-state index contributed by atoms with van der Waals surface area (Å²) >= 11 is 0. The SMILES string of the molecule is COc1cccc2ccc(N3CCN(C(=O)NCC(=O)O)CC3)cc12. The van der Waals surface area contributed by atoms with Crippen molar-refractivity contribution in [3.05, 3.63) is 36.4 Å². The fourth-order valence-corrected chi connectivity index (χ4v) is 3.04. The molecule has 2 aromatic rings. The van der Waals surface area contributed by atoms with Gasteiger partial charge in [-0.25, -0.2) is 4.79 Å². The molecule has 0 aromatic heterocycles. The van der Waals surface area contributed by atoms with Gasteiger partial charge in [0.2, 0.25) is 0 Å². The second-order valence-corrected chi connectivity index (χ2v) is 5.89. The number of carbonyl (C=O) groups is 2. The molecule has 0 saturated carbocycles. The zero-order valence-electron chi connectivity index (χ0n) is 14.1. The summed E-state index contributed by atoms with van der Waals surface area (Å²) in [6.45, 7) is 2.14. The highest BCUT2D eigenvalue weighted by Gasteiger charge is 2.21. The van der Waals surface area contributed by atoms with Gasteiger partial charge in [-0.1, -0.05) is 18.2 Å². The molecular weight excluding hydrogens is 322 g/mol. The van der Waals surface area contributed by atoms with Gasteiger partial charge in [0.15, 0.2) is 0 Å². The van der Waals surface area contributed by atoms with E-state index in [1.165, 1.54) is 0 Å². The van der Waals surface area contributed by atoms with Crippen molar-refractivity contribution in [2.45, 2.75) is 0 Å². The molecule has 2 amide bonds. The fraction of sp³-hybridized carbons (Fsp3) is 0.333. The van der Waals surface area contributed by atoms with E-state index in [9.17, 15) is 9.59 Å². The molecule has 25 heavy (non-hydrogen) atoms. The molecule has 1 aliphatic rings. The second-order valence-electron chi connectivity index (χ2n) is 5.89. The Morgan fingerprint density at radius 1 is 1.16 bits per heavy atom. The highest BCUT2D eigenvalue weighted by atomic mass is 16.5. The number of rotatable bonds is 4. The van der Waals surface area contributed by atoms with E-state index in [2.05, 4.69) is 28.4 Å². The number of nitrogens with zero attached hydrogens (tertiary/aromatic N) is 2. The number of aliphatic carboxylic acids is 1. The molecule has 7 heteroatoms. The number of methoxy groups -OCH3 is 1. The largest absolute Gasteiger partial charge is 0.496 e. The number of hydrogen-bond acceptors (Lipinski definition) is 4. The number of ether oxygens (including phenoxy) is 1. The second kappa shape index (κ2) is 7.29. The third-order valence-corrected chi connectivity index (χ3v) is 4.37. The maximum atomic E-state index is 11.9. The molecule has 132 valence electrons. The molecule has 1 heterocycles. The summed E-state index contributed by atoms with van der Waals surface area (Å²) in [4.78, 5) is 26.3. The zero-order chi connectivity index (χ0) is 17.8. The summed E-state index contributed by atoms with van der Waals surface area (Å²) < 4.78 is 5.44. The standard InChI is InChI=1S/C18H21N3O4/c1-25-16-4-2-3-13-5-6-14(11-15(13)16)20-7-9-21(10-8-20)18(24)19-12-17(22)23/h2-6,11H,7-10,12H2,1H3,(H,19,24)(H,22,23). The Bertz CT molecular complexity index is 785. The van der Waals surface area contributed by atoms with Gasteiger partial charge in [-0.2, -0.15) is 0 Å². The molecule has 2 aromatic carbocycles. The lowest BCUT2D eigenvalue weighted by Gasteiger charge is -2.36. The van der Waals surface area contributed by atoms with Crippen LogP contribution in [0.25, 0.3) is 10.8 Å². The van der Waals surface area contributed by atoms with Gasteiger partial charge in [0, 0.05) is 37.3 Å². The van der Waals surface area contributed by atoms with Crippen molar-refractivity contribution < 1.29 is 19.4 Å². The van der Waals surface area contributed by atoms with Crippen LogP contribution in [0.4, 0.5) is 10.5 Å². The normalized spacial score (nSPS) is 14.4. The summed E-state index contributed by atoms with van der Waals surface area (Å²) in [6.07, 6.45) is 0. The summed E-state index contributed by atoms with van der Waals surface area (Å²) in [5.74, 6) is -0.205. The number of urea groups is 1. The summed E-state index contributed by atoms with van der Waals surface area (Å²) in [6, 6.07) is 11.9. The molecule has 0 radical (unpaired) electrons. The van der Waals surface area contributed by atoms with Gasteiger partial charge in [0.25, 0.3) is 0 Å². The van der Waals surface area contributed by atoms with Crippen molar-refractivity contribution in [3.8, 4) is 5.75 Å². The van der Waals surface area contributed by atoms with E-state index in [0.29, 0.717) is 26.2 Å². The fourth-order valence-electron chi connectivity index (χ4n) is 3.04. The van der Waals surface area contributed by atoms with E-state index >= 15 is 0 Å². The van der Waals surface area contributed by atoms with Crippen molar-refractivity contribution in [3.63, 3.8) is 0 Å². The van der Waals surface area contributed by atoms with Gasteiger partial charge in [-0.3, -0.25) is 4.79 Å². The number of piperazine rings is 1.